The van der Waals surface area contributed by atoms with Crippen molar-refractivity contribution in [3.05, 3.63) is 35.4 Å². The minimum absolute atomic E-state index is 0.495. The smallest absolute Gasteiger partial charge is 0.159 e. The second kappa shape index (κ2) is 5.78. The maximum Gasteiger partial charge on any atom is 0.159 e. The first-order chi connectivity index (χ1) is 9.63. The maximum atomic E-state index is 13.2. The fourth-order valence-electron chi connectivity index (χ4n) is 3.69. The third-order valence-corrected chi connectivity index (χ3v) is 4.92. The Hall–Kier alpha value is -1.00. The Morgan fingerprint density at radius 1 is 1.15 bits per heavy atom. The Bertz CT molecular complexity index is 464. The van der Waals surface area contributed by atoms with Gasteiger partial charge >= 0.3 is 0 Å². The van der Waals surface area contributed by atoms with Gasteiger partial charge in [0.1, 0.15) is 0 Å². The van der Waals surface area contributed by atoms with Crippen LogP contribution in [0.1, 0.15) is 37.7 Å². The van der Waals surface area contributed by atoms with Crippen LogP contribution in [0.4, 0.5) is 8.78 Å². The van der Waals surface area contributed by atoms with Crippen LogP contribution in [0.2, 0.25) is 0 Å². The topological polar surface area (TPSA) is 15.3 Å². The molecule has 0 radical (unpaired) electrons. The van der Waals surface area contributed by atoms with Crippen molar-refractivity contribution in [1.29, 1.82) is 0 Å². The molecule has 1 aromatic carbocycles. The summed E-state index contributed by atoms with van der Waals surface area (Å²) >= 11 is 0. The van der Waals surface area contributed by atoms with Gasteiger partial charge in [-0.05, 0) is 50.4 Å². The van der Waals surface area contributed by atoms with E-state index >= 15 is 0 Å². The molecule has 2 bridgehead atoms. The molecule has 2 heterocycles. The Labute approximate surface area is 119 Å². The lowest BCUT2D eigenvalue weighted by Gasteiger charge is -2.47. The Kier molecular flexibility index (Phi) is 4.03. The van der Waals surface area contributed by atoms with Gasteiger partial charge in [-0.25, -0.2) is 8.78 Å². The van der Waals surface area contributed by atoms with Crippen molar-refractivity contribution in [3.8, 4) is 0 Å². The van der Waals surface area contributed by atoms with Gasteiger partial charge in [-0.1, -0.05) is 12.5 Å². The number of hydrogen-bond acceptors (Lipinski definition) is 2. The van der Waals surface area contributed by atoms with Crippen molar-refractivity contribution < 1.29 is 8.78 Å². The molecule has 2 saturated heterocycles. The number of benzene rings is 1. The van der Waals surface area contributed by atoms with E-state index in [0.29, 0.717) is 24.7 Å². The van der Waals surface area contributed by atoms with Crippen molar-refractivity contribution in [3.63, 3.8) is 0 Å². The van der Waals surface area contributed by atoms with Gasteiger partial charge in [0.05, 0.1) is 0 Å². The summed E-state index contributed by atoms with van der Waals surface area (Å²) in [6.45, 7) is 0.616. The molecule has 2 fully saturated rings. The largest absolute Gasteiger partial charge is 0.310 e. The molecule has 2 nitrogen and oxygen atoms in total. The highest BCUT2D eigenvalue weighted by atomic mass is 19.2. The summed E-state index contributed by atoms with van der Waals surface area (Å²) in [6, 6.07) is 6.01. The van der Waals surface area contributed by atoms with E-state index in [-0.39, 0.29) is 0 Å². The monoisotopic (exact) mass is 280 g/mol. The fraction of sp³-hybridized carbons (Fsp3) is 0.625. The van der Waals surface area contributed by atoms with Gasteiger partial charge < -0.3 is 10.2 Å². The summed E-state index contributed by atoms with van der Waals surface area (Å²) in [7, 11) is 2.24. The van der Waals surface area contributed by atoms with Crippen LogP contribution in [-0.2, 0) is 6.54 Å². The summed E-state index contributed by atoms with van der Waals surface area (Å²) < 4.78 is 26.1. The molecule has 0 spiro atoms. The minimum atomic E-state index is -0.775. The van der Waals surface area contributed by atoms with E-state index in [4.69, 9.17) is 0 Å². The molecule has 0 aliphatic carbocycles. The van der Waals surface area contributed by atoms with Crippen molar-refractivity contribution in [2.45, 2.75) is 56.8 Å². The van der Waals surface area contributed by atoms with Gasteiger partial charge in [0.25, 0.3) is 0 Å². The number of fused-ring (bicyclic) bond motifs is 2. The molecule has 2 aliphatic heterocycles. The molecule has 110 valence electrons. The zero-order valence-electron chi connectivity index (χ0n) is 11.9. The second-order valence-electron chi connectivity index (χ2n) is 6.20. The van der Waals surface area contributed by atoms with E-state index in [0.717, 1.165) is 18.4 Å². The summed E-state index contributed by atoms with van der Waals surface area (Å²) in [6.07, 6.45) is 6.25. The number of rotatable bonds is 3. The van der Waals surface area contributed by atoms with Gasteiger partial charge in [0.15, 0.2) is 11.6 Å². The first kappa shape index (κ1) is 14.0. The minimum Gasteiger partial charge on any atom is -0.310 e. The van der Waals surface area contributed by atoms with E-state index in [1.165, 1.54) is 31.4 Å². The van der Waals surface area contributed by atoms with Gasteiger partial charge in [-0.2, -0.15) is 0 Å². The van der Waals surface area contributed by atoms with Crippen molar-refractivity contribution in [1.82, 2.24) is 10.2 Å². The molecule has 0 aromatic heterocycles. The molecule has 2 unspecified atom stereocenters. The van der Waals surface area contributed by atoms with Crippen LogP contribution in [0.3, 0.4) is 0 Å². The molecule has 1 aromatic rings. The first-order valence-corrected chi connectivity index (χ1v) is 7.52. The van der Waals surface area contributed by atoms with E-state index < -0.39 is 11.6 Å². The average molecular weight is 280 g/mol. The predicted octanol–water partition coefficient (Wildman–Crippen LogP) is 3.07. The number of nitrogens with zero attached hydrogens (tertiary/aromatic N) is 1. The van der Waals surface area contributed by atoms with Crippen LogP contribution in [0.25, 0.3) is 0 Å². The highest BCUT2D eigenvalue weighted by Gasteiger charge is 2.35. The number of piperidine rings is 2. The van der Waals surface area contributed by atoms with Crippen LogP contribution in [-0.4, -0.2) is 30.1 Å². The fourth-order valence-corrected chi connectivity index (χ4v) is 3.69. The SMILES string of the molecule is CN1C2CCCC1CC(NCc1ccc(F)c(F)c1)C2. The first-order valence-electron chi connectivity index (χ1n) is 7.52. The molecule has 20 heavy (non-hydrogen) atoms. The van der Waals surface area contributed by atoms with Crippen LogP contribution >= 0.6 is 0 Å². The molecule has 0 amide bonds. The van der Waals surface area contributed by atoms with Crippen LogP contribution in [0, 0.1) is 11.6 Å². The Morgan fingerprint density at radius 2 is 1.85 bits per heavy atom. The third-order valence-electron chi connectivity index (χ3n) is 4.92. The Balaban J connectivity index is 1.57. The zero-order chi connectivity index (χ0) is 14.1. The number of hydrogen-bond donors (Lipinski definition) is 1. The Morgan fingerprint density at radius 3 is 2.50 bits per heavy atom. The molecule has 1 N–H and O–H groups in total. The summed E-state index contributed by atoms with van der Waals surface area (Å²) in [4.78, 5) is 2.53. The molecule has 3 rings (SSSR count). The van der Waals surface area contributed by atoms with Crippen LogP contribution < -0.4 is 5.32 Å². The average Bonchev–Trinajstić information content (AvgIpc) is 2.41. The standard InChI is InChI=1S/C16H22F2N2/c1-20-13-3-2-4-14(20)9-12(8-13)19-10-11-5-6-15(17)16(18)7-11/h5-7,12-14,19H,2-4,8-10H2,1H3. The maximum absolute atomic E-state index is 13.2. The normalized spacial score (nSPS) is 30.4. The van der Waals surface area contributed by atoms with Crippen molar-refractivity contribution >= 4 is 0 Å². The molecule has 2 aliphatic rings. The summed E-state index contributed by atoms with van der Waals surface area (Å²) in [5.74, 6) is -1.54. The van der Waals surface area contributed by atoms with E-state index in [2.05, 4.69) is 17.3 Å². The number of nitrogens with one attached hydrogen (secondary N) is 1. The lowest BCUT2D eigenvalue weighted by atomic mass is 9.82. The van der Waals surface area contributed by atoms with Crippen molar-refractivity contribution in [2.75, 3.05) is 7.05 Å². The van der Waals surface area contributed by atoms with Gasteiger partial charge in [0.2, 0.25) is 0 Å². The van der Waals surface area contributed by atoms with Crippen LogP contribution in [0.15, 0.2) is 18.2 Å². The highest BCUT2D eigenvalue weighted by molar-refractivity contribution is 5.17. The summed E-state index contributed by atoms with van der Waals surface area (Å²) in [5.41, 5.74) is 0.813. The third kappa shape index (κ3) is 2.86. The van der Waals surface area contributed by atoms with E-state index in [1.807, 2.05) is 0 Å². The molecule has 4 heteroatoms. The number of halogens is 2. The predicted molar refractivity (Wildman–Crippen MR) is 75.4 cm³/mol. The molecule has 2 atom stereocenters. The van der Waals surface area contributed by atoms with Gasteiger partial charge in [-0.3, -0.25) is 0 Å². The van der Waals surface area contributed by atoms with E-state index in [9.17, 15) is 8.78 Å². The van der Waals surface area contributed by atoms with Gasteiger partial charge in [-0.15, -0.1) is 0 Å². The molecular formula is C16H22F2N2. The molecular weight excluding hydrogens is 258 g/mol. The molecule has 0 saturated carbocycles. The quantitative estimate of drug-likeness (QED) is 0.915. The highest BCUT2D eigenvalue weighted by Crippen LogP contribution is 2.32. The zero-order valence-corrected chi connectivity index (χ0v) is 11.9. The van der Waals surface area contributed by atoms with E-state index in [1.54, 1.807) is 6.07 Å². The second-order valence-corrected chi connectivity index (χ2v) is 6.20. The van der Waals surface area contributed by atoms with Crippen molar-refractivity contribution in [2.24, 2.45) is 0 Å². The van der Waals surface area contributed by atoms with Gasteiger partial charge in [0, 0.05) is 24.7 Å². The summed E-state index contributed by atoms with van der Waals surface area (Å²) in [5, 5.41) is 3.52. The lowest BCUT2D eigenvalue weighted by molar-refractivity contribution is 0.0482. The van der Waals surface area contributed by atoms with Crippen LogP contribution in [0.5, 0.6) is 0 Å². The lowest BCUT2D eigenvalue weighted by Crippen LogP contribution is -2.54.